The molecule has 0 aliphatic heterocycles. The molecule has 1 aromatic rings. The SMILES string of the molecule is CCc1cc(C(O)CC(CC)CC)n(CC)n1. The van der Waals surface area contributed by atoms with Crippen LogP contribution in [0.5, 0.6) is 0 Å². The van der Waals surface area contributed by atoms with Crippen LogP contribution in [0.3, 0.4) is 0 Å². The van der Waals surface area contributed by atoms with Crippen molar-refractivity contribution in [2.45, 2.75) is 66.0 Å². The van der Waals surface area contributed by atoms with Gasteiger partial charge in [0.1, 0.15) is 0 Å². The molecule has 1 heterocycles. The van der Waals surface area contributed by atoms with Gasteiger partial charge >= 0.3 is 0 Å². The molecule has 0 aromatic carbocycles. The largest absolute Gasteiger partial charge is 0.387 e. The van der Waals surface area contributed by atoms with Crippen LogP contribution in [-0.4, -0.2) is 14.9 Å². The number of hydrogen-bond donors (Lipinski definition) is 1. The summed E-state index contributed by atoms with van der Waals surface area (Å²) in [6.07, 6.45) is 3.68. The zero-order chi connectivity index (χ0) is 12.8. The Bertz CT molecular complexity index is 329. The topological polar surface area (TPSA) is 38.0 Å². The third-order valence-corrected chi connectivity index (χ3v) is 3.58. The van der Waals surface area contributed by atoms with Crippen LogP contribution < -0.4 is 0 Å². The van der Waals surface area contributed by atoms with Crippen molar-refractivity contribution in [3.8, 4) is 0 Å². The molecular weight excluding hydrogens is 212 g/mol. The number of aliphatic hydroxyl groups excluding tert-OH is 1. The van der Waals surface area contributed by atoms with Gasteiger partial charge in [-0.15, -0.1) is 0 Å². The second kappa shape index (κ2) is 6.80. The van der Waals surface area contributed by atoms with Gasteiger partial charge < -0.3 is 5.11 Å². The first-order valence-electron chi connectivity index (χ1n) is 6.90. The Kier molecular flexibility index (Phi) is 5.69. The van der Waals surface area contributed by atoms with Crippen LogP contribution in [0.25, 0.3) is 0 Å². The summed E-state index contributed by atoms with van der Waals surface area (Å²) in [5.41, 5.74) is 2.06. The number of nitrogens with zero attached hydrogens (tertiary/aromatic N) is 2. The van der Waals surface area contributed by atoms with Gasteiger partial charge in [0.2, 0.25) is 0 Å². The van der Waals surface area contributed by atoms with Crippen molar-refractivity contribution < 1.29 is 5.11 Å². The van der Waals surface area contributed by atoms with Gasteiger partial charge in [0.25, 0.3) is 0 Å². The Balaban J connectivity index is 2.79. The molecule has 0 saturated carbocycles. The summed E-state index contributed by atoms with van der Waals surface area (Å²) in [4.78, 5) is 0. The zero-order valence-corrected chi connectivity index (χ0v) is 11.6. The molecule has 17 heavy (non-hydrogen) atoms. The first-order valence-corrected chi connectivity index (χ1v) is 6.90. The van der Waals surface area contributed by atoms with E-state index in [1.807, 2.05) is 4.68 Å². The van der Waals surface area contributed by atoms with Gasteiger partial charge in [-0.2, -0.15) is 5.10 Å². The molecule has 0 spiro atoms. The summed E-state index contributed by atoms with van der Waals surface area (Å²) >= 11 is 0. The number of rotatable bonds is 7. The monoisotopic (exact) mass is 238 g/mol. The average molecular weight is 238 g/mol. The van der Waals surface area contributed by atoms with Crippen LogP contribution in [0.2, 0.25) is 0 Å². The minimum absolute atomic E-state index is 0.368. The summed E-state index contributed by atoms with van der Waals surface area (Å²) in [6.45, 7) is 9.37. The molecule has 0 bridgehead atoms. The predicted octanol–water partition coefficient (Wildman–Crippen LogP) is 3.33. The average Bonchev–Trinajstić information content (AvgIpc) is 2.78. The van der Waals surface area contributed by atoms with Gasteiger partial charge in [-0.1, -0.05) is 33.6 Å². The number of aromatic nitrogens is 2. The molecule has 98 valence electrons. The van der Waals surface area contributed by atoms with Gasteiger partial charge in [-0.05, 0) is 31.7 Å². The number of aliphatic hydroxyl groups is 1. The number of aryl methyl sites for hydroxylation is 2. The van der Waals surface area contributed by atoms with Gasteiger partial charge in [0.15, 0.2) is 0 Å². The van der Waals surface area contributed by atoms with Crippen LogP contribution in [0.4, 0.5) is 0 Å². The van der Waals surface area contributed by atoms with E-state index in [4.69, 9.17) is 0 Å². The van der Waals surface area contributed by atoms with E-state index in [1.54, 1.807) is 0 Å². The summed E-state index contributed by atoms with van der Waals surface area (Å²) in [6, 6.07) is 2.05. The summed E-state index contributed by atoms with van der Waals surface area (Å²) < 4.78 is 1.94. The Labute approximate surface area is 105 Å². The van der Waals surface area contributed by atoms with Crippen molar-refractivity contribution >= 4 is 0 Å². The van der Waals surface area contributed by atoms with Crippen LogP contribution in [0, 0.1) is 5.92 Å². The minimum Gasteiger partial charge on any atom is -0.387 e. The van der Waals surface area contributed by atoms with E-state index in [2.05, 4.69) is 38.9 Å². The highest BCUT2D eigenvalue weighted by molar-refractivity contribution is 5.13. The van der Waals surface area contributed by atoms with Gasteiger partial charge in [-0.3, -0.25) is 4.68 Å². The maximum atomic E-state index is 10.3. The Morgan fingerprint density at radius 3 is 2.35 bits per heavy atom. The van der Waals surface area contributed by atoms with E-state index >= 15 is 0 Å². The van der Waals surface area contributed by atoms with Crippen molar-refractivity contribution in [3.63, 3.8) is 0 Å². The molecule has 0 radical (unpaired) electrons. The summed E-state index contributed by atoms with van der Waals surface area (Å²) in [5.74, 6) is 0.607. The van der Waals surface area contributed by atoms with E-state index < -0.39 is 0 Å². The molecule has 3 nitrogen and oxygen atoms in total. The van der Waals surface area contributed by atoms with E-state index in [0.29, 0.717) is 5.92 Å². The van der Waals surface area contributed by atoms with E-state index in [9.17, 15) is 5.11 Å². The van der Waals surface area contributed by atoms with Gasteiger partial charge in [0, 0.05) is 6.54 Å². The zero-order valence-electron chi connectivity index (χ0n) is 11.6. The van der Waals surface area contributed by atoms with Crippen LogP contribution in [-0.2, 0) is 13.0 Å². The van der Waals surface area contributed by atoms with Crippen molar-refractivity contribution in [2.24, 2.45) is 5.92 Å². The highest BCUT2D eigenvalue weighted by atomic mass is 16.3. The lowest BCUT2D eigenvalue weighted by molar-refractivity contribution is 0.131. The molecule has 0 aliphatic carbocycles. The molecule has 0 aliphatic rings. The third-order valence-electron chi connectivity index (χ3n) is 3.58. The van der Waals surface area contributed by atoms with Crippen molar-refractivity contribution in [3.05, 3.63) is 17.5 Å². The van der Waals surface area contributed by atoms with E-state index in [-0.39, 0.29) is 6.10 Å². The van der Waals surface area contributed by atoms with E-state index in [0.717, 1.165) is 43.6 Å². The fourth-order valence-electron chi connectivity index (χ4n) is 2.24. The lowest BCUT2D eigenvalue weighted by atomic mass is 9.95. The lowest BCUT2D eigenvalue weighted by Crippen LogP contribution is -2.11. The third kappa shape index (κ3) is 3.56. The first-order chi connectivity index (χ1) is 8.15. The molecule has 0 amide bonds. The highest BCUT2D eigenvalue weighted by Crippen LogP contribution is 2.25. The number of hydrogen-bond acceptors (Lipinski definition) is 2. The fraction of sp³-hybridized carbons (Fsp3) is 0.786. The lowest BCUT2D eigenvalue weighted by Gasteiger charge is -2.18. The van der Waals surface area contributed by atoms with Crippen LogP contribution in [0.15, 0.2) is 6.07 Å². The van der Waals surface area contributed by atoms with Crippen molar-refractivity contribution in [1.29, 1.82) is 0 Å². The normalized spacial score (nSPS) is 13.3. The molecule has 1 atom stereocenters. The molecule has 0 fully saturated rings. The summed E-state index contributed by atoms with van der Waals surface area (Å²) in [7, 11) is 0. The molecule has 0 saturated heterocycles. The molecule has 1 N–H and O–H groups in total. The maximum absolute atomic E-state index is 10.3. The molecule has 3 heteroatoms. The predicted molar refractivity (Wildman–Crippen MR) is 70.9 cm³/mol. The van der Waals surface area contributed by atoms with Crippen molar-refractivity contribution in [2.75, 3.05) is 0 Å². The molecule has 1 aromatic heterocycles. The smallest absolute Gasteiger partial charge is 0.0959 e. The standard InChI is InChI=1S/C14H26N2O/c1-5-11(6-2)9-14(17)13-10-12(7-3)15-16(13)8-4/h10-11,14,17H,5-9H2,1-4H3. The van der Waals surface area contributed by atoms with Crippen LogP contribution >= 0.6 is 0 Å². The first kappa shape index (κ1) is 14.2. The Morgan fingerprint density at radius 2 is 1.88 bits per heavy atom. The molecule has 1 rings (SSSR count). The maximum Gasteiger partial charge on any atom is 0.0959 e. The fourth-order valence-corrected chi connectivity index (χ4v) is 2.24. The minimum atomic E-state index is -0.368. The van der Waals surface area contributed by atoms with Gasteiger partial charge in [-0.25, -0.2) is 0 Å². The van der Waals surface area contributed by atoms with Gasteiger partial charge in [0.05, 0.1) is 17.5 Å². The quantitative estimate of drug-likeness (QED) is 0.791. The summed E-state index contributed by atoms with van der Waals surface area (Å²) in [5, 5.41) is 14.8. The van der Waals surface area contributed by atoms with Crippen molar-refractivity contribution in [1.82, 2.24) is 9.78 Å². The van der Waals surface area contributed by atoms with E-state index in [1.165, 1.54) is 0 Å². The molecular formula is C14H26N2O. The highest BCUT2D eigenvalue weighted by Gasteiger charge is 2.18. The Hall–Kier alpha value is -0.830. The van der Waals surface area contributed by atoms with Crippen LogP contribution in [0.1, 0.15) is 64.4 Å². The molecule has 1 unspecified atom stereocenters. The Morgan fingerprint density at radius 1 is 1.24 bits per heavy atom. The second-order valence-electron chi connectivity index (χ2n) is 4.66. The second-order valence-corrected chi connectivity index (χ2v) is 4.66.